The molecule has 5 nitrogen and oxygen atoms in total. The third-order valence-electron chi connectivity index (χ3n) is 3.02. The first-order valence-electron chi connectivity index (χ1n) is 6.33. The summed E-state index contributed by atoms with van der Waals surface area (Å²) >= 11 is 1.60. The van der Waals surface area contributed by atoms with Crippen LogP contribution in [0.2, 0.25) is 0 Å². The molecule has 0 unspecified atom stereocenters. The number of hydrogen-bond acceptors (Lipinski definition) is 4. The van der Waals surface area contributed by atoms with Gasteiger partial charge in [0, 0.05) is 42.1 Å². The lowest BCUT2D eigenvalue weighted by atomic mass is 10.2. The predicted molar refractivity (Wildman–Crippen MR) is 77.9 cm³/mol. The first-order valence-corrected chi connectivity index (χ1v) is 7.21. The Bertz CT molecular complexity index is 720. The van der Waals surface area contributed by atoms with Crippen LogP contribution in [0.3, 0.4) is 0 Å². The molecule has 0 aliphatic heterocycles. The average Bonchev–Trinajstić information content (AvgIpc) is 3.07. The van der Waals surface area contributed by atoms with Crippen molar-refractivity contribution in [3.05, 3.63) is 52.9 Å². The van der Waals surface area contributed by atoms with E-state index >= 15 is 0 Å². The lowest BCUT2D eigenvalue weighted by Gasteiger charge is -2.12. The summed E-state index contributed by atoms with van der Waals surface area (Å²) in [5.74, 6) is -0.0717. The Balaban J connectivity index is 1.68. The molecule has 0 saturated heterocycles. The lowest BCUT2D eigenvalue weighted by molar-refractivity contribution is 0.0940. The molecule has 102 valence electrons. The summed E-state index contributed by atoms with van der Waals surface area (Å²) in [6.45, 7) is 1.99. The number of aromatic nitrogens is 3. The van der Waals surface area contributed by atoms with Gasteiger partial charge in [0.15, 0.2) is 0 Å². The van der Waals surface area contributed by atoms with Gasteiger partial charge in [0.2, 0.25) is 0 Å². The Labute approximate surface area is 120 Å². The molecular formula is C14H14N4OS. The predicted octanol–water partition coefficient (Wildman–Crippen LogP) is 2.15. The number of imidazole rings is 1. The SMILES string of the molecule is C[C@H](Cc1cncs1)NC(=O)c1ccc2nccn2c1. The molecule has 3 heterocycles. The van der Waals surface area contributed by atoms with E-state index in [-0.39, 0.29) is 11.9 Å². The van der Waals surface area contributed by atoms with E-state index in [1.165, 1.54) is 4.88 Å². The van der Waals surface area contributed by atoms with Crippen LogP contribution in [0.4, 0.5) is 0 Å². The second-order valence-corrected chi connectivity index (χ2v) is 5.63. The summed E-state index contributed by atoms with van der Waals surface area (Å²) in [5.41, 5.74) is 3.27. The maximum Gasteiger partial charge on any atom is 0.252 e. The summed E-state index contributed by atoms with van der Waals surface area (Å²) in [4.78, 5) is 21.6. The maximum absolute atomic E-state index is 12.2. The zero-order valence-electron chi connectivity index (χ0n) is 11.0. The van der Waals surface area contributed by atoms with Gasteiger partial charge >= 0.3 is 0 Å². The molecule has 0 fully saturated rings. The molecule has 0 saturated carbocycles. The lowest BCUT2D eigenvalue weighted by Crippen LogP contribution is -2.34. The number of thiazole rings is 1. The number of nitrogens with one attached hydrogen (secondary N) is 1. The fraction of sp³-hybridized carbons (Fsp3) is 0.214. The van der Waals surface area contributed by atoms with Crippen LogP contribution in [0.5, 0.6) is 0 Å². The Morgan fingerprint density at radius 2 is 2.40 bits per heavy atom. The van der Waals surface area contributed by atoms with Crippen molar-refractivity contribution in [2.45, 2.75) is 19.4 Å². The topological polar surface area (TPSA) is 59.3 Å². The van der Waals surface area contributed by atoms with Gasteiger partial charge in [0.1, 0.15) is 5.65 Å². The molecule has 0 aliphatic carbocycles. The van der Waals surface area contributed by atoms with Crippen LogP contribution < -0.4 is 5.32 Å². The number of carbonyl (C=O) groups excluding carboxylic acids is 1. The average molecular weight is 286 g/mol. The van der Waals surface area contributed by atoms with Crippen molar-refractivity contribution in [2.24, 2.45) is 0 Å². The molecule has 3 aromatic rings. The molecule has 0 bridgehead atoms. The normalized spacial score (nSPS) is 12.4. The van der Waals surface area contributed by atoms with Crippen molar-refractivity contribution in [3.8, 4) is 0 Å². The summed E-state index contributed by atoms with van der Waals surface area (Å²) in [7, 11) is 0. The van der Waals surface area contributed by atoms with E-state index in [2.05, 4.69) is 15.3 Å². The first-order chi connectivity index (χ1) is 9.72. The van der Waals surface area contributed by atoms with Crippen molar-refractivity contribution in [1.29, 1.82) is 0 Å². The standard InChI is InChI=1S/C14H14N4OS/c1-10(6-12-7-15-9-20-12)17-14(19)11-2-3-13-16-4-5-18(13)8-11/h2-5,7-10H,6H2,1H3,(H,17,19)/t10-/m1/s1. The van der Waals surface area contributed by atoms with Gasteiger partial charge in [0.05, 0.1) is 11.1 Å². The summed E-state index contributed by atoms with van der Waals surface area (Å²) in [5, 5.41) is 3.00. The van der Waals surface area contributed by atoms with Crippen LogP contribution in [-0.4, -0.2) is 26.3 Å². The smallest absolute Gasteiger partial charge is 0.252 e. The first kappa shape index (κ1) is 12.8. The highest BCUT2D eigenvalue weighted by Gasteiger charge is 2.11. The van der Waals surface area contributed by atoms with Crippen molar-refractivity contribution >= 4 is 22.9 Å². The molecule has 0 spiro atoms. The quantitative estimate of drug-likeness (QED) is 0.799. The molecule has 6 heteroatoms. The van der Waals surface area contributed by atoms with Crippen molar-refractivity contribution in [3.63, 3.8) is 0 Å². The molecule has 1 atom stereocenters. The van der Waals surface area contributed by atoms with E-state index in [1.807, 2.05) is 29.8 Å². The molecule has 1 N–H and O–H groups in total. The number of carbonyl (C=O) groups is 1. The third kappa shape index (κ3) is 2.70. The van der Waals surface area contributed by atoms with Crippen molar-refractivity contribution in [2.75, 3.05) is 0 Å². The fourth-order valence-electron chi connectivity index (χ4n) is 2.06. The second kappa shape index (κ2) is 5.42. The van der Waals surface area contributed by atoms with E-state index in [4.69, 9.17) is 0 Å². The number of rotatable bonds is 4. The highest BCUT2D eigenvalue weighted by atomic mass is 32.1. The Morgan fingerprint density at radius 3 is 3.20 bits per heavy atom. The van der Waals surface area contributed by atoms with Gasteiger partial charge in [-0.15, -0.1) is 11.3 Å². The van der Waals surface area contributed by atoms with Gasteiger partial charge < -0.3 is 9.72 Å². The summed E-state index contributed by atoms with van der Waals surface area (Å²) < 4.78 is 1.84. The maximum atomic E-state index is 12.2. The van der Waals surface area contributed by atoms with Gasteiger partial charge in [-0.1, -0.05) is 0 Å². The third-order valence-corrected chi connectivity index (χ3v) is 3.82. The zero-order valence-corrected chi connectivity index (χ0v) is 11.8. The monoisotopic (exact) mass is 286 g/mol. The minimum atomic E-state index is -0.0717. The molecule has 3 rings (SSSR count). The summed E-state index contributed by atoms with van der Waals surface area (Å²) in [6, 6.07) is 3.70. The largest absolute Gasteiger partial charge is 0.349 e. The van der Waals surface area contributed by atoms with Gasteiger partial charge in [-0.2, -0.15) is 0 Å². The summed E-state index contributed by atoms with van der Waals surface area (Å²) in [6.07, 6.45) is 7.96. The number of pyridine rings is 1. The highest BCUT2D eigenvalue weighted by Crippen LogP contribution is 2.09. The molecule has 3 aromatic heterocycles. The van der Waals surface area contributed by atoms with Crippen LogP contribution in [0.1, 0.15) is 22.2 Å². The van der Waals surface area contributed by atoms with E-state index < -0.39 is 0 Å². The van der Waals surface area contributed by atoms with Gasteiger partial charge in [-0.25, -0.2) is 4.98 Å². The van der Waals surface area contributed by atoms with Crippen LogP contribution in [0.25, 0.3) is 5.65 Å². The van der Waals surface area contributed by atoms with E-state index in [0.717, 1.165) is 12.1 Å². The van der Waals surface area contributed by atoms with E-state index in [0.29, 0.717) is 5.56 Å². The van der Waals surface area contributed by atoms with Crippen molar-refractivity contribution < 1.29 is 4.79 Å². The Hall–Kier alpha value is -2.21. The van der Waals surface area contributed by atoms with Crippen molar-refractivity contribution in [1.82, 2.24) is 19.7 Å². The molecular weight excluding hydrogens is 272 g/mol. The Kier molecular flexibility index (Phi) is 3.47. The molecule has 0 aliphatic rings. The zero-order chi connectivity index (χ0) is 13.9. The minimum Gasteiger partial charge on any atom is -0.349 e. The van der Waals surface area contributed by atoms with Crippen LogP contribution >= 0.6 is 11.3 Å². The van der Waals surface area contributed by atoms with E-state index in [9.17, 15) is 4.79 Å². The molecule has 0 aromatic carbocycles. The number of nitrogens with zero attached hydrogens (tertiary/aromatic N) is 3. The van der Waals surface area contributed by atoms with Gasteiger partial charge in [0.25, 0.3) is 5.91 Å². The van der Waals surface area contributed by atoms with E-state index in [1.54, 1.807) is 35.3 Å². The second-order valence-electron chi connectivity index (χ2n) is 4.66. The number of hydrogen-bond donors (Lipinski definition) is 1. The van der Waals surface area contributed by atoms with Gasteiger partial charge in [-0.3, -0.25) is 9.78 Å². The number of amides is 1. The van der Waals surface area contributed by atoms with Gasteiger partial charge in [-0.05, 0) is 19.1 Å². The van der Waals surface area contributed by atoms with Crippen LogP contribution in [0, 0.1) is 0 Å². The van der Waals surface area contributed by atoms with Crippen LogP contribution in [-0.2, 0) is 6.42 Å². The fourth-order valence-corrected chi connectivity index (χ4v) is 2.78. The molecule has 0 radical (unpaired) electrons. The Morgan fingerprint density at radius 1 is 1.50 bits per heavy atom. The molecule has 1 amide bonds. The minimum absolute atomic E-state index is 0.0708. The number of fused-ring (bicyclic) bond motifs is 1. The molecule has 20 heavy (non-hydrogen) atoms. The van der Waals surface area contributed by atoms with Crippen LogP contribution in [0.15, 0.2) is 42.4 Å². The highest BCUT2D eigenvalue weighted by molar-refractivity contribution is 7.09.